The third-order valence-electron chi connectivity index (χ3n) is 3.16. The van der Waals surface area contributed by atoms with Gasteiger partial charge >= 0.3 is 0 Å². The summed E-state index contributed by atoms with van der Waals surface area (Å²) < 4.78 is 6.02. The van der Waals surface area contributed by atoms with Crippen molar-refractivity contribution in [1.82, 2.24) is 0 Å². The topological polar surface area (TPSA) is 26.3 Å². The van der Waals surface area contributed by atoms with E-state index in [1.54, 1.807) is 6.07 Å². The molecule has 2 rings (SSSR count). The predicted molar refractivity (Wildman–Crippen MR) is 81.2 cm³/mol. The van der Waals surface area contributed by atoms with Crippen LogP contribution in [-0.2, 0) is 6.42 Å². The Morgan fingerprint density at radius 3 is 2.60 bits per heavy atom. The molecule has 0 unspecified atom stereocenters. The minimum atomic E-state index is -0.0400. The van der Waals surface area contributed by atoms with Gasteiger partial charge in [0.05, 0.1) is 0 Å². The molecule has 0 aliphatic heterocycles. The van der Waals surface area contributed by atoms with Crippen LogP contribution in [0.4, 0.5) is 0 Å². The van der Waals surface area contributed by atoms with Crippen molar-refractivity contribution in [2.45, 2.75) is 19.4 Å². The van der Waals surface area contributed by atoms with Crippen LogP contribution in [0.5, 0.6) is 5.75 Å². The summed E-state index contributed by atoms with van der Waals surface area (Å²) in [6, 6.07) is 15.5. The number of hydrogen-bond acceptors (Lipinski definition) is 2. The van der Waals surface area contributed by atoms with E-state index in [2.05, 4.69) is 6.58 Å². The lowest BCUT2D eigenvalue weighted by molar-refractivity contribution is 0.112. The van der Waals surface area contributed by atoms with Crippen LogP contribution in [0.1, 0.15) is 34.5 Å². The second kappa shape index (κ2) is 6.71. The standard InChI is InChI=1S/C18H18O2/c1-3-7-17-12-15(13-19)10-11-18(17)20-14(2)16-8-5-4-6-9-16/h3-6,8-14H,1,7H2,2H3/t14-/m1/s1. The molecular formula is C18H18O2. The highest BCUT2D eigenvalue weighted by Gasteiger charge is 2.10. The van der Waals surface area contributed by atoms with Crippen molar-refractivity contribution >= 4 is 6.29 Å². The first-order valence-electron chi connectivity index (χ1n) is 6.65. The quantitative estimate of drug-likeness (QED) is 0.573. The van der Waals surface area contributed by atoms with E-state index in [0.717, 1.165) is 23.2 Å². The molecule has 0 heterocycles. The molecule has 0 bridgehead atoms. The first-order chi connectivity index (χ1) is 9.74. The molecule has 0 N–H and O–H groups in total. The molecular weight excluding hydrogens is 248 g/mol. The van der Waals surface area contributed by atoms with Crippen LogP contribution in [-0.4, -0.2) is 6.29 Å². The molecule has 2 aromatic rings. The molecule has 0 saturated heterocycles. The molecule has 1 atom stereocenters. The fourth-order valence-corrected chi connectivity index (χ4v) is 2.09. The van der Waals surface area contributed by atoms with Gasteiger partial charge in [-0.05, 0) is 42.7 Å². The minimum absolute atomic E-state index is 0.0400. The SMILES string of the molecule is C=CCc1cc(C=O)ccc1O[C@H](C)c1ccccc1. The second-order valence-corrected chi connectivity index (χ2v) is 4.65. The van der Waals surface area contributed by atoms with E-state index < -0.39 is 0 Å². The minimum Gasteiger partial charge on any atom is -0.486 e. The molecule has 0 fully saturated rings. The summed E-state index contributed by atoms with van der Waals surface area (Å²) in [5.41, 5.74) is 2.76. The van der Waals surface area contributed by atoms with Gasteiger partial charge in [0.15, 0.2) is 0 Å². The van der Waals surface area contributed by atoms with Crippen LogP contribution in [0.2, 0.25) is 0 Å². The third kappa shape index (κ3) is 3.35. The normalized spacial score (nSPS) is 11.7. The summed E-state index contributed by atoms with van der Waals surface area (Å²) in [4.78, 5) is 10.9. The Morgan fingerprint density at radius 2 is 1.95 bits per heavy atom. The molecule has 2 heteroatoms. The van der Waals surface area contributed by atoms with Crippen molar-refractivity contribution in [3.05, 3.63) is 77.9 Å². The number of allylic oxidation sites excluding steroid dienone is 1. The summed E-state index contributed by atoms with van der Waals surface area (Å²) in [6.45, 7) is 5.76. The summed E-state index contributed by atoms with van der Waals surface area (Å²) in [7, 11) is 0. The van der Waals surface area contributed by atoms with E-state index in [9.17, 15) is 4.79 Å². The van der Waals surface area contributed by atoms with E-state index >= 15 is 0 Å². The Balaban J connectivity index is 2.24. The lowest BCUT2D eigenvalue weighted by Gasteiger charge is -2.17. The maximum Gasteiger partial charge on any atom is 0.150 e. The molecule has 2 aromatic carbocycles. The van der Waals surface area contributed by atoms with Crippen LogP contribution in [0, 0.1) is 0 Å². The molecule has 102 valence electrons. The lowest BCUT2D eigenvalue weighted by atomic mass is 10.1. The zero-order valence-corrected chi connectivity index (χ0v) is 11.6. The monoisotopic (exact) mass is 266 g/mol. The molecule has 0 aromatic heterocycles. The van der Waals surface area contributed by atoms with Crippen molar-refractivity contribution < 1.29 is 9.53 Å². The summed E-state index contributed by atoms with van der Waals surface area (Å²) >= 11 is 0. The lowest BCUT2D eigenvalue weighted by Crippen LogP contribution is -2.05. The zero-order valence-electron chi connectivity index (χ0n) is 11.6. The van der Waals surface area contributed by atoms with Gasteiger partial charge in [-0.2, -0.15) is 0 Å². The molecule has 0 spiro atoms. The van der Waals surface area contributed by atoms with Crippen molar-refractivity contribution in [1.29, 1.82) is 0 Å². The third-order valence-corrected chi connectivity index (χ3v) is 3.16. The number of hydrogen-bond donors (Lipinski definition) is 0. The molecule has 2 nitrogen and oxygen atoms in total. The van der Waals surface area contributed by atoms with Crippen LogP contribution in [0.15, 0.2) is 61.2 Å². The fraction of sp³-hybridized carbons (Fsp3) is 0.167. The van der Waals surface area contributed by atoms with Gasteiger partial charge in [-0.15, -0.1) is 6.58 Å². The molecule has 0 amide bonds. The predicted octanol–water partition coefficient (Wildman–Crippen LogP) is 4.37. The van der Waals surface area contributed by atoms with E-state index in [1.807, 2.05) is 55.5 Å². The molecule has 0 aliphatic carbocycles. The van der Waals surface area contributed by atoms with E-state index in [-0.39, 0.29) is 6.10 Å². The van der Waals surface area contributed by atoms with Crippen LogP contribution >= 0.6 is 0 Å². The first kappa shape index (κ1) is 14.1. The van der Waals surface area contributed by atoms with Gasteiger partial charge in [-0.25, -0.2) is 0 Å². The number of aldehydes is 1. The molecule has 0 aliphatic rings. The van der Waals surface area contributed by atoms with Gasteiger partial charge in [-0.1, -0.05) is 36.4 Å². The van der Waals surface area contributed by atoms with Gasteiger partial charge < -0.3 is 4.74 Å². The van der Waals surface area contributed by atoms with E-state index in [1.165, 1.54) is 0 Å². The number of carbonyl (C=O) groups is 1. The van der Waals surface area contributed by atoms with Gasteiger partial charge in [0, 0.05) is 5.56 Å². The smallest absolute Gasteiger partial charge is 0.150 e. The van der Waals surface area contributed by atoms with E-state index in [0.29, 0.717) is 12.0 Å². The van der Waals surface area contributed by atoms with Crippen molar-refractivity contribution in [3.8, 4) is 5.75 Å². The average Bonchev–Trinajstić information content (AvgIpc) is 2.50. The summed E-state index contributed by atoms with van der Waals surface area (Å²) in [5.74, 6) is 0.798. The second-order valence-electron chi connectivity index (χ2n) is 4.65. The Hall–Kier alpha value is -2.35. The number of benzene rings is 2. The highest BCUT2D eigenvalue weighted by molar-refractivity contribution is 5.75. The van der Waals surface area contributed by atoms with Gasteiger partial charge in [0.1, 0.15) is 18.1 Å². The highest BCUT2D eigenvalue weighted by atomic mass is 16.5. The maximum atomic E-state index is 10.9. The molecule has 20 heavy (non-hydrogen) atoms. The highest BCUT2D eigenvalue weighted by Crippen LogP contribution is 2.26. The van der Waals surface area contributed by atoms with Crippen LogP contribution in [0.25, 0.3) is 0 Å². The van der Waals surface area contributed by atoms with Crippen molar-refractivity contribution in [3.63, 3.8) is 0 Å². The first-order valence-corrected chi connectivity index (χ1v) is 6.65. The van der Waals surface area contributed by atoms with Crippen LogP contribution in [0.3, 0.4) is 0 Å². The Bertz CT molecular complexity index is 588. The molecule has 0 radical (unpaired) electrons. The summed E-state index contributed by atoms with van der Waals surface area (Å²) in [6.07, 6.45) is 3.29. The summed E-state index contributed by atoms with van der Waals surface area (Å²) in [5, 5.41) is 0. The Labute approximate surface area is 119 Å². The Kier molecular flexibility index (Phi) is 4.72. The largest absolute Gasteiger partial charge is 0.486 e. The Morgan fingerprint density at radius 1 is 1.20 bits per heavy atom. The number of rotatable bonds is 6. The van der Waals surface area contributed by atoms with Gasteiger partial charge in [-0.3, -0.25) is 4.79 Å². The van der Waals surface area contributed by atoms with E-state index in [4.69, 9.17) is 4.74 Å². The van der Waals surface area contributed by atoms with Crippen molar-refractivity contribution in [2.75, 3.05) is 0 Å². The molecule has 0 saturated carbocycles. The average molecular weight is 266 g/mol. The van der Waals surface area contributed by atoms with Crippen molar-refractivity contribution in [2.24, 2.45) is 0 Å². The number of ether oxygens (including phenoxy) is 1. The zero-order chi connectivity index (χ0) is 14.4. The van der Waals surface area contributed by atoms with Gasteiger partial charge in [0.25, 0.3) is 0 Å². The maximum absolute atomic E-state index is 10.9. The van der Waals surface area contributed by atoms with Crippen LogP contribution < -0.4 is 4.74 Å². The number of carbonyl (C=O) groups excluding carboxylic acids is 1. The fourth-order valence-electron chi connectivity index (χ4n) is 2.09. The van der Waals surface area contributed by atoms with Gasteiger partial charge in [0.2, 0.25) is 0 Å².